The Morgan fingerprint density at radius 2 is 2.08 bits per heavy atom. The predicted molar refractivity (Wildman–Crippen MR) is 49.0 cm³/mol. The average molecular weight is 183 g/mol. The minimum atomic E-state index is -0.0181. The van der Waals surface area contributed by atoms with Crippen molar-refractivity contribution in [1.29, 1.82) is 0 Å². The molecule has 2 fully saturated rings. The number of carbonyl (C=O) groups excluding carboxylic acids is 1. The van der Waals surface area contributed by atoms with Crippen LogP contribution in [0.1, 0.15) is 32.1 Å². The molecule has 1 unspecified atom stereocenters. The number of ether oxygens (including phenoxy) is 1. The normalized spacial score (nSPS) is 43.2. The predicted octanol–water partition coefficient (Wildman–Crippen LogP) is 1.07. The lowest BCUT2D eigenvalue weighted by Crippen LogP contribution is -2.29. The summed E-state index contributed by atoms with van der Waals surface area (Å²) in [7, 11) is 1.48. The molecule has 0 heterocycles. The van der Waals surface area contributed by atoms with E-state index in [4.69, 9.17) is 10.5 Å². The molecular weight excluding hydrogens is 166 g/mol. The molecule has 1 spiro atoms. The van der Waals surface area contributed by atoms with Crippen LogP contribution < -0.4 is 5.73 Å². The zero-order valence-electron chi connectivity index (χ0n) is 8.08. The molecule has 0 amide bonds. The molecule has 1 atom stereocenters. The van der Waals surface area contributed by atoms with Crippen molar-refractivity contribution in [3.05, 3.63) is 0 Å². The van der Waals surface area contributed by atoms with Crippen molar-refractivity contribution in [2.45, 2.75) is 38.1 Å². The van der Waals surface area contributed by atoms with E-state index in [2.05, 4.69) is 0 Å². The van der Waals surface area contributed by atoms with Crippen LogP contribution >= 0.6 is 0 Å². The third-order valence-electron chi connectivity index (χ3n) is 3.70. The van der Waals surface area contributed by atoms with Crippen molar-refractivity contribution < 1.29 is 9.53 Å². The van der Waals surface area contributed by atoms with Gasteiger partial charge in [-0.1, -0.05) is 0 Å². The number of nitrogens with two attached hydrogens (primary N) is 1. The molecule has 74 valence electrons. The highest BCUT2D eigenvalue weighted by Crippen LogP contribution is 2.61. The Balaban J connectivity index is 1.92. The SMILES string of the molecule is COC(=O)C1CC12CCC(N)CC2. The van der Waals surface area contributed by atoms with Gasteiger partial charge in [0.15, 0.2) is 0 Å². The molecule has 2 N–H and O–H groups in total. The van der Waals surface area contributed by atoms with Crippen molar-refractivity contribution in [1.82, 2.24) is 0 Å². The zero-order chi connectivity index (χ0) is 9.47. The van der Waals surface area contributed by atoms with Crippen LogP contribution in [0, 0.1) is 11.3 Å². The van der Waals surface area contributed by atoms with E-state index in [9.17, 15) is 4.79 Å². The van der Waals surface area contributed by atoms with E-state index in [-0.39, 0.29) is 11.9 Å². The molecule has 0 aliphatic heterocycles. The van der Waals surface area contributed by atoms with Crippen LogP contribution in [0.5, 0.6) is 0 Å². The first-order chi connectivity index (χ1) is 6.18. The first-order valence-corrected chi connectivity index (χ1v) is 5.01. The lowest BCUT2D eigenvalue weighted by atomic mass is 9.82. The fourth-order valence-electron chi connectivity index (χ4n) is 2.59. The topological polar surface area (TPSA) is 52.3 Å². The summed E-state index contributed by atoms with van der Waals surface area (Å²) in [6.07, 6.45) is 5.43. The van der Waals surface area contributed by atoms with Crippen molar-refractivity contribution >= 4 is 5.97 Å². The molecule has 0 aromatic heterocycles. The van der Waals surface area contributed by atoms with Gasteiger partial charge in [0.25, 0.3) is 0 Å². The number of hydrogen-bond donors (Lipinski definition) is 1. The Bertz CT molecular complexity index is 219. The summed E-state index contributed by atoms with van der Waals surface area (Å²) in [6, 6.07) is 0.365. The fraction of sp³-hybridized carbons (Fsp3) is 0.900. The molecule has 2 saturated carbocycles. The third-order valence-corrected chi connectivity index (χ3v) is 3.70. The van der Waals surface area contributed by atoms with Crippen molar-refractivity contribution in [2.75, 3.05) is 7.11 Å². The molecular formula is C10H17NO2. The van der Waals surface area contributed by atoms with Gasteiger partial charge in [0, 0.05) is 6.04 Å². The fourth-order valence-corrected chi connectivity index (χ4v) is 2.59. The Morgan fingerprint density at radius 1 is 1.46 bits per heavy atom. The smallest absolute Gasteiger partial charge is 0.309 e. The van der Waals surface area contributed by atoms with Crippen LogP contribution in [0.3, 0.4) is 0 Å². The van der Waals surface area contributed by atoms with E-state index in [1.54, 1.807) is 0 Å². The van der Waals surface area contributed by atoms with E-state index in [1.807, 2.05) is 0 Å². The van der Waals surface area contributed by atoms with E-state index < -0.39 is 0 Å². The monoisotopic (exact) mass is 183 g/mol. The average Bonchev–Trinajstić information content (AvgIpc) is 2.85. The Morgan fingerprint density at radius 3 is 2.62 bits per heavy atom. The van der Waals surface area contributed by atoms with Gasteiger partial charge in [-0.05, 0) is 37.5 Å². The third kappa shape index (κ3) is 1.46. The first kappa shape index (κ1) is 9.00. The minimum Gasteiger partial charge on any atom is -0.469 e. The summed E-state index contributed by atoms with van der Waals surface area (Å²) < 4.78 is 4.76. The summed E-state index contributed by atoms with van der Waals surface area (Å²) >= 11 is 0. The van der Waals surface area contributed by atoms with E-state index in [1.165, 1.54) is 7.11 Å². The number of esters is 1. The summed E-state index contributed by atoms with van der Waals surface area (Å²) in [5.41, 5.74) is 6.12. The van der Waals surface area contributed by atoms with Crippen LogP contribution in [-0.4, -0.2) is 19.1 Å². The molecule has 3 nitrogen and oxygen atoms in total. The number of hydrogen-bond acceptors (Lipinski definition) is 3. The van der Waals surface area contributed by atoms with Crippen LogP contribution in [-0.2, 0) is 9.53 Å². The number of carbonyl (C=O) groups is 1. The van der Waals surface area contributed by atoms with E-state index in [0.29, 0.717) is 11.5 Å². The van der Waals surface area contributed by atoms with E-state index in [0.717, 1.165) is 32.1 Å². The molecule has 0 aromatic carbocycles. The Hall–Kier alpha value is -0.570. The van der Waals surface area contributed by atoms with Gasteiger partial charge in [0.1, 0.15) is 0 Å². The standard InChI is InChI=1S/C10H17NO2/c1-13-9(12)8-6-10(8)4-2-7(11)3-5-10/h7-8H,2-6,11H2,1H3. The van der Waals surface area contributed by atoms with Crippen LogP contribution in [0.25, 0.3) is 0 Å². The number of methoxy groups -OCH3 is 1. The maximum atomic E-state index is 11.3. The van der Waals surface area contributed by atoms with Crippen molar-refractivity contribution in [3.63, 3.8) is 0 Å². The van der Waals surface area contributed by atoms with Crippen molar-refractivity contribution in [3.8, 4) is 0 Å². The highest BCUT2D eigenvalue weighted by atomic mass is 16.5. The van der Waals surface area contributed by atoms with Gasteiger partial charge in [-0.3, -0.25) is 4.79 Å². The van der Waals surface area contributed by atoms with Crippen LogP contribution in [0.4, 0.5) is 0 Å². The summed E-state index contributed by atoms with van der Waals surface area (Å²) in [5.74, 6) is 0.167. The summed E-state index contributed by atoms with van der Waals surface area (Å²) in [4.78, 5) is 11.3. The lowest BCUT2D eigenvalue weighted by Gasteiger charge is -2.26. The molecule has 13 heavy (non-hydrogen) atoms. The van der Waals surface area contributed by atoms with Crippen molar-refractivity contribution in [2.24, 2.45) is 17.1 Å². The van der Waals surface area contributed by atoms with Gasteiger partial charge in [0.05, 0.1) is 13.0 Å². The van der Waals surface area contributed by atoms with Gasteiger partial charge in [-0.25, -0.2) is 0 Å². The maximum absolute atomic E-state index is 11.3. The van der Waals surface area contributed by atoms with E-state index >= 15 is 0 Å². The van der Waals surface area contributed by atoms with Gasteiger partial charge >= 0.3 is 5.97 Å². The number of rotatable bonds is 1. The van der Waals surface area contributed by atoms with Gasteiger partial charge in [-0.2, -0.15) is 0 Å². The summed E-state index contributed by atoms with van der Waals surface area (Å²) in [6.45, 7) is 0. The molecule has 0 radical (unpaired) electrons. The molecule has 0 bridgehead atoms. The van der Waals surface area contributed by atoms with Crippen LogP contribution in [0.2, 0.25) is 0 Å². The molecule has 2 aliphatic rings. The second kappa shape index (κ2) is 2.98. The largest absolute Gasteiger partial charge is 0.469 e. The molecule has 2 aliphatic carbocycles. The first-order valence-electron chi connectivity index (χ1n) is 5.01. The lowest BCUT2D eigenvalue weighted by molar-refractivity contribution is -0.143. The molecule has 0 saturated heterocycles. The second-order valence-corrected chi connectivity index (χ2v) is 4.48. The molecule has 0 aromatic rings. The van der Waals surface area contributed by atoms with Crippen LogP contribution in [0.15, 0.2) is 0 Å². The Labute approximate surface area is 78.6 Å². The molecule has 3 heteroatoms. The quantitative estimate of drug-likeness (QED) is 0.618. The maximum Gasteiger partial charge on any atom is 0.309 e. The second-order valence-electron chi connectivity index (χ2n) is 4.48. The zero-order valence-corrected chi connectivity index (χ0v) is 8.08. The van der Waals surface area contributed by atoms with Gasteiger partial charge in [-0.15, -0.1) is 0 Å². The molecule has 2 rings (SSSR count). The minimum absolute atomic E-state index is 0.0181. The van der Waals surface area contributed by atoms with Gasteiger partial charge < -0.3 is 10.5 Å². The highest BCUT2D eigenvalue weighted by Gasteiger charge is 2.58. The summed E-state index contributed by atoms with van der Waals surface area (Å²) in [5, 5.41) is 0. The Kier molecular flexibility index (Phi) is 2.06. The highest BCUT2D eigenvalue weighted by molar-refractivity contribution is 5.76. The van der Waals surface area contributed by atoms with Gasteiger partial charge in [0.2, 0.25) is 0 Å².